The Morgan fingerprint density at radius 3 is 2.80 bits per heavy atom. The zero-order valence-electron chi connectivity index (χ0n) is 13.1. The summed E-state index contributed by atoms with van der Waals surface area (Å²) >= 11 is 7.64. The summed E-state index contributed by atoms with van der Waals surface area (Å²) in [7, 11) is 0. The Hall–Kier alpha value is -2.63. The van der Waals surface area contributed by atoms with Crippen LogP contribution in [0.4, 0.5) is 5.69 Å². The summed E-state index contributed by atoms with van der Waals surface area (Å²) in [5.41, 5.74) is 3.71. The van der Waals surface area contributed by atoms with Gasteiger partial charge in [0, 0.05) is 45.0 Å². The summed E-state index contributed by atoms with van der Waals surface area (Å²) < 4.78 is 0. The largest absolute Gasteiger partial charge is 0.361 e. The second kappa shape index (κ2) is 6.70. The van der Waals surface area contributed by atoms with Crippen LogP contribution in [-0.2, 0) is 11.2 Å². The molecule has 1 amide bonds. The summed E-state index contributed by atoms with van der Waals surface area (Å²) in [5.74, 6) is -0.0668. The normalized spacial score (nSPS) is 10.9. The lowest BCUT2D eigenvalue weighted by Gasteiger charge is -2.06. The molecule has 0 aliphatic rings. The smallest absolute Gasteiger partial charge is 0.228 e. The van der Waals surface area contributed by atoms with Crippen LogP contribution in [0, 0.1) is 0 Å². The van der Waals surface area contributed by atoms with Crippen molar-refractivity contribution in [3.05, 3.63) is 70.8 Å². The molecule has 0 saturated carbocycles. The summed E-state index contributed by atoms with van der Waals surface area (Å²) in [6.07, 6.45) is 3.92. The number of hydrogen-bond acceptors (Lipinski definition) is 3. The maximum atomic E-state index is 12.4. The van der Waals surface area contributed by atoms with E-state index in [0.717, 1.165) is 32.7 Å². The van der Waals surface area contributed by atoms with E-state index < -0.39 is 0 Å². The van der Waals surface area contributed by atoms with Crippen molar-refractivity contribution in [1.29, 1.82) is 0 Å². The van der Waals surface area contributed by atoms with Crippen LogP contribution < -0.4 is 5.32 Å². The van der Waals surface area contributed by atoms with Gasteiger partial charge in [0.15, 0.2) is 0 Å². The molecular weight excluding hydrogens is 354 g/mol. The van der Waals surface area contributed by atoms with Crippen LogP contribution in [0.15, 0.2) is 60.2 Å². The molecule has 0 atom stereocenters. The Balaban J connectivity index is 1.47. The van der Waals surface area contributed by atoms with Crippen molar-refractivity contribution in [2.45, 2.75) is 6.42 Å². The van der Waals surface area contributed by atoms with Crippen LogP contribution in [0.3, 0.4) is 0 Å². The standard InChI is InChI=1S/C19H14ClN3OS/c20-14-3-6-17-16(10-14)13(11-22-17)9-18(24)23-15-4-1-12(2-5-15)19-21-7-8-25-19/h1-8,10-11,22H,9H2,(H,23,24). The summed E-state index contributed by atoms with van der Waals surface area (Å²) in [5, 5.41) is 7.47. The van der Waals surface area contributed by atoms with Crippen molar-refractivity contribution < 1.29 is 4.79 Å². The lowest BCUT2D eigenvalue weighted by atomic mass is 10.1. The molecule has 0 bridgehead atoms. The highest BCUT2D eigenvalue weighted by Crippen LogP contribution is 2.25. The molecule has 0 aliphatic carbocycles. The number of amides is 1. The summed E-state index contributed by atoms with van der Waals surface area (Å²) in [6, 6.07) is 13.3. The Bertz CT molecular complexity index is 1020. The van der Waals surface area contributed by atoms with Crippen LogP contribution >= 0.6 is 22.9 Å². The van der Waals surface area contributed by atoms with Gasteiger partial charge in [0.25, 0.3) is 0 Å². The van der Waals surface area contributed by atoms with Crippen molar-refractivity contribution in [2.75, 3.05) is 5.32 Å². The number of anilines is 1. The van der Waals surface area contributed by atoms with Crippen molar-refractivity contribution >= 4 is 45.4 Å². The van der Waals surface area contributed by atoms with E-state index in [1.165, 1.54) is 0 Å². The number of nitrogens with one attached hydrogen (secondary N) is 2. The number of rotatable bonds is 4. The molecule has 0 spiro atoms. The van der Waals surface area contributed by atoms with E-state index in [1.807, 2.05) is 54.0 Å². The minimum Gasteiger partial charge on any atom is -0.361 e. The lowest BCUT2D eigenvalue weighted by molar-refractivity contribution is -0.115. The van der Waals surface area contributed by atoms with Crippen LogP contribution in [0.5, 0.6) is 0 Å². The van der Waals surface area contributed by atoms with Gasteiger partial charge in [0.2, 0.25) is 5.91 Å². The van der Waals surface area contributed by atoms with Crippen molar-refractivity contribution in [1.82, 2.24) is 9.97 Å². The van der Waals surface area contributed by atoms with Gasteiger partial charge in [-0.3, -0.25) is 4.79 Å². The molecule has 0 aliphatic heterocycles. The minimum atomic E-state index is -0.0668. The van der Waals surface area contributed by atoms with Crippen LogP contribution in [-0.4, -0.2) is 15.9 Å². The first-order valence-electron chi connectivity index (χ1n) is 7.74. The fraction of sp³-hybridized carbons (Fsp3) is 0.0526. The number of carbonyl (C=O) groups excluding carboxylic acids is 1. The number of halogens is 1. The van der Waals surface area contributed by atoms with Crippen molar-refractivity contribution in [3.63, 3.8) is 0 Å². The summed E-state index contributed by atoms with van der Waals surface area (Å²) in [6.45, 7) is 0. The molecule has 0 fully saturated rings. The molecular formula is C19H14ClN3OS. The molecule has 0 unspecified atom stereocenters. The van der Waals surface area contributed by atoms with E-state index in [2.05, 4.69) is 15.3 Å². The number of aromatic amines is 1. The highest BCUT2D eigenvalue weighted by Gasteiger charge is 2.10. The van der Waals surface area contributed by atoms with Crippen LogP contribution in [0.1, 0.15) is 5.56 Å². The third-order valence-electron chi connectivity index (χ3n) is 3.93. The minimum absolute atomic E-state index is 0.0668. The Kier molecular flexibility index (Phi) is 4.26. The van der Waals surface area contributed by atoms with Gasteiger partial charge < -0.3 is 10.3 Å². The first-order valence-corrected chi connectivity index (χ1v) is 9.00. The maximum Gasteiger partial charge on any atom is 0.228 e. The second-order valence-electron chi connectivity index (χ2n) is 5.64. The number of H-pyrrole nitrogens is 1. The molecule has 2 N–H and O–H groups in total. The highest BCUT2D eigenvalue weighted by atomic mass is 35.5. The quantitative estimate of drug-likeness (QED) is 0.525. The number of aromatic nitrogens is 2. The molecule has 4 nitrogen and oxygen atoms in total. The predicted octanol–water partition coefficient (Wildman–Crippen LogP) is 5.13. The Morgan fingerprint density at radius 1 is 1.20 bits per heavy atom. The van der Waals surface area contributed by atoms with Gasteiger partial charge in [0.1, 0.15) is 5.01 Å². The van der Waals surface area contributed by atoms with Gasteiger partial charge in [-0.15, -0.1) is 11.3 Å². The van der Waals surface area contributed by atoms with Crippen LogP contribution in [0.25, 0.3) is 21.5 Å². The number of thiazole rings is 1. The molecule has 2 aromatic heterocycles. The number of hydrogen-bond donors (Lipinski definition) is 2. The average molecular weight is 368 g/mol. The molecule has 4 rings (SSSR count). The van der Waals surface area contributed by atoms with Crippen molar-refractivity contribution in [2.24, 2.45) is 0 Å². The average Bonchev–Trinajstić information content (AvgIpc) is 3.26. The topological polar surface area (TPSA) is 57.8 Å². The molecule has 6 heteroatoms. The molecule has 0 radical (unpaired) electrons. The Labute approximate surface area is 153 Å². The van der Waals surface area contributed by atoms with Crippen LogP contribution in [0.2, 0.25) is 5.02 Å². The van der Waals surface area contributed by atoms with Gasteiger partial charge in [-0.1, -0.05) is 11.6 Å². The third-order valence-corrected chi connectivity index (χ3v) is 4.99. The monoisotopic (exact) mass is 367 g/mol. The van der Waals surface area contributed by atoms with E-state index in [-0.39, 0.29) is 12.3 Å². The van der Waals surface area contributed by atoms with E-state index in [1.54, 1.807) is 17.5 Å². The van der Waals surface area contributed by atoms with E-state index in [0.29, 0.717) is 5.02 Å². The van der Waals surface area contributed by atoms with Gasteiger partial charge in [0.05, 0.1) is 6.42 Å². The predicted molar refractivity (Wildman–Crippen MR) is 103 cm³/mol. The van der Waals surface area contributed by atoms with E-state index >= 15 is 0 Å². The maximum absolute atomic E-state index is 12.4. The fourth-order valence-corrected chi connectivity index (χ4v) is 3.55. The first kappa shape index (κ1) is 15.9. The number of nitrogens with zero attached hydrogens (tertiary/aromatic N) is 1. The van der Waals surface area contributed by atoms with E-state index in [9.17, 15) is 4.79 Å². The number of benzene rings is 2. The van der Waals surface area contributed by atoms with Crippen molar-refractivity contribution in [3.8, 4) is 10.6 Å². The lowest BCUT2D eigenvalue weighted by Crippen LogP contribution is -2.14. The fourth-order valence-electron chi connectivity index (χ4n) is 2.74. The van der Waals surface area contributed by atoms with Gasteiger partial charge in [-0.05, 0) is 48.0 Å². The molecule has 4 aromatic rings. The molecule has 25 heavy (non-hydrogen) atoms. The molecule has 124 valence electrons. The highest BCUT2D eigenvalue weighted by molar-refractivity contribution is 7.13. The third kappa shape index (κ3) is 3.43. The molecule has 2 aromatic carbocycles. The van der Waals surface area contributed by atoms with Gasteiger partial charge >= 0.3 is 0 Å². The first-order chi connectivity index (χ1) is 12.2. The summed E-state index contributed by atoms with van der Waals surface area (Å²) in [4.78, 5) is 19.8. The van der Waals surface area contributed by atoms with E-state index in [4.69, 9.17) is 11.6 Å². The zero-order valence-corrected chi connectivity index (χ0v) is 14.7. The van der Waals surface area contributed by atoms with Gasteiger partial charge in [-0.2, -0.15) is 0 Å². The number of fused-ring (bicyclic) bond motifs is 1. The number of carbonyl (C=O) groups is 1. The molecule has 0 saturated heterocycles. The van der Waals surface area contributed by atoms with Gasteiger partial charge in [-0.25, -0.2) is 4.98 Å². The second-order valence-corrected chi connectivity index (χ2v) is 6.97. The SMILES string of the molecule is O=C(Cc1c[nH]c2ccc(Cl)cc12)Nc1ccc(-c2nccs2)cc1. The molecule has 2 heterocycles. The zero-order chi connectivity index (χ0) is 17.2. The Morgan fingerprint density at radius 2 is 2.04 bits per heavy atom.